The van der Waals surface area contributed by atoms with Gasteiger partial charge in [-0.1, -0.05) is 0 Å². The minimum absolute atomic E-state index is 0.490. The van der Waals surface area contributed by atoms with Crippen LogP contribution in [0.5, 0.6) is 5.75 Å². The molecule has 6 nitrogen and oxygen atoms in total. The van der Waals surface area contributed by atoms with Gasteiger partial charge in [0.05, 0.1) is 7.11 Å². The van der Waals surface area contributed by atoms with Gasteiger partial charge in [-0.2, -0.15) is 0 Å². The first-order valence-electron chi connectivity index (χ1n) is 6.09. The van der Waals surface area contributed by atoms with Crippen LogP contribution in [0.1, 0.15) is 20.8 Å². The zero-order valence-corrected chi connectivity index (χ0v) is 12.0. The number of ether oxygens (including phenoxy) is 2. The van der Waals surface area contributed by atoms with E-state index in [1.165, 1.54) is 7.11 Å². The van der Waals surface area contributed by atoms with E-state index in [2.05, 4.69) is 5.32 Å². The lowest BCUT2D eigenvalue weighted by molar-refractivity contribution is -0.160. The highest BCUT2D eigenvalue weighted by molar-refractivity contribution is 6.01. The molecule has 0 aliphatic rings. The van der Waals surface area contributed by atoms with E-state index in [9.17, 15) is 9.59 Å². The summed E-state index contributed by atoms with van der Waals surface area (Å²) in [5.74, 6) is -1.49. The van der Waals surface area contributed by atoms with Crippen molar-refractivity contribution in [3.8, 4) is 5.75 Å². The summed E-state index contributed by atoms with van der Waals surface area (Å²) in [7, 11) is 1.53. The zero-order valence-electron chi connectivity index (χ0n) is 12.0. The lowest BCUT2D eigenvalue weighted by atomic mass is 10.2. The maximum atomic E-state index is 11.8. The molecule has 0 aliphatic carbocycles. The maximum Gasteiger partial charge on any atom is 0.340 e. The second-order valence-electron chi connectivity index (χ2n) is 5.18. The quantitative estimate of drug-likeness (QED) is 0.633. The average molecular weight is 281 g/mol. The van der Waals surface area contributed by atoms with Crippen LogP contribution in [0.3, 0.4) is 0 Å². The molecule has 1 aromatic carbocycles. The molecule has 0 spiro atoms. The van der Waals surface area contributed by atoms with Crippen molar-refractivity contribution in [2.45, 2.75) is 32.4 Å². The van der Waals surface area contributed by atoms with E-state index in [0.717, 1.165) is 0 Å². The van der Waals surface area contributed by atoms with Crippen LogP contribution in [0.25, 0.3) is 0 Å². The third-order valence-corrected chi connectivity index (χ3v) is 2.29. The van der Waals surface area contributed by atoms with Gasteiger partial charge in [-0.15, -0.1) is 0 Å². The van der Waals surface area contributed by atoms with Crippen LogP contribution in [0.4, 0.5) is 5.69 Å². The van der Waals surface area contributed by atoms with Crippen molar-refractivity contribution >= 4 is 17.6 Å². The number of methoxy groups -OCH3 is 1. The number of carboxylic acid groups (broad SMARTS) is 1. The Morgan fingerprint density at radius 2 is 1.75 bits per heavy atom. The fourth-order valence-corrected chi connectivity index (χ4v) is 1.44. The number of rotatable bonds is 5. The number of esters is 1. The molecule has 0 heterocycles. The third kappa shape index (κ3) is 4.79. The molecule has 0 bridgehead atoms. The Morgan fingerprint density at radius 3 is 2.15 bits per heavy atom. The van der Waals surface area contributed by atoms with Crippen molar-refractivity contribution in [3.63, 3.8) is 0 Å². The highest BCUT2D eigenvalue weighted by Crippen LogP contribution is 2.17. The summed E-state index contributed by atoms with van der Waals surface area (Å²) in [4.78, 5) is 23.0. The van der Waals surface area contributed by atoms with Crippen LogP contribution in [0.2, 0.25) is 0 Å². The molecule has 0 saturated carbocycles. The smallest absolute Gasteiger partial charge is 0.340 e. The summed E-state index contributed by atoms with van der Waals surface area (Å²) in [6.07, 6.45) is 0. The minimum Gasteiger partial charge on any atom is -0.497 e. The van der Waals surface area contributed by atoms with E-state index >= 15 is 0 Å². The van der Waals surface area contributed by atoms with E-state index in [1.54, 1.807) is 45.0 Å². The molecule has 0 unspecified atom stereocenters. The van der Waals surface area contributed by atoms with Crippen molar-refractivity contribution in [2.24, 2.45) is 0 Å². The van der Waals surface area contributed by atoms with Gasteiger partial charge in [0.1, 0.15) is 11.4 Å². The first kappa shape index (κ1) is 15.8. The van der Waals surface area contributed by atoms with Crippen LogP contribution in [-0.4, -0.2) is 35.8 Å². The second kappa shape index (κ2) is 6.27. The van der Waals surface area contributed by atoms with E-state index < -0.39 is 23.6 Å². The van der Waals surface area contributed by atoms with E-state index in [0.29, 0.717) is 11.4 Å². The number of anilines is 1. The largest absolute Gasteiger partial charge is 0.497 e. The molecule has 0 fully saturated rings. The monoisotopic (exact) mass is 281 g/mol. The number of nitrogens with one attached hydrogen (secondary N) is 1. The Labute approximate surface area is 117 Å². The Balaban J connectivity index is 2.81. The summed E-state index contributed by atoms with van der Waals surface area (Å²) >= 11 is 0. The van der Waals surface area contributed by atoms with Crippen LogP contribution in [-0.2, 0) is 14.3 Å². The Bertz CT molecular complexity index is 475. The first-order chi connectivity index (χ1) is 9.23. The number of carbonyl (C=O) groups excluding carboxylic acids is 1. The van der Waals surface area contributed by atoms with Gasteiger partial charge in [-0.3, -0.25) is 0 Å². The van der Waals surface area contributed by atoms with Crippen molar-refractivity contribution < 1.29 is 24.2 Å². The summed E-state index contributed by atoms with van der Waals surface area (Å²) in [5.41, 5.74) is -0.254. The van der Waals surface area contributed by atoms with Crippen molar-refractivity contribution in [3.05, 3.63) is 24.3 Å². The van der Waals surface area contributed by atoms with Crippen molar-refractivity contribution in [1.82, 2.24) is 0 Å². The van der Waals surface area contributed by atoms with Gasteiger partial charge < -0.3 is 19.9 Å². The fourth-order valence-electron chi connectivity index (χ4n) is 1.44. The molecular formula is C14H19NO5. The summed E-state index contributed by atoms with van der Waals surface area (Å²) in [6, 6.07) is 5.12. The van der Waals surface area contributed by atoms with Crippen LogP contribution >= 0.6 is 0 Å². The predicted molar refractivity (Wildman–Crippen MR) is 73.9 cm³/mol. The van der Waals surface area contributed by atoms with Gasteiger partial charge in [0.15, 0.2) is 0 Å². The van der Waals surface area contributed by atoms with Gasteiger partial charge in [0.25, 0.3) is 0 Å². The van der Waals surface area contributed by atoms with E-state index in [1.807, 2.05) is 0 Å². The molecule has 110 valence electrons. The normalized spacial score (nSPS) is 12.4. The summed E-state index contributed by atoms with van der Waals surface area (Å²) in [5, 5.41) is 11.7. The van der Waals surface area contributed by atoms with Gasteiger partial charge in [0.2, 0.25) is 6.04 Å². The standard InChI is InChI=1S/C14H19NO5/c1-14(2,3)20-13(18)11(12(16)17)15-9-5-7-10(19-4)8-6-9/h5-8,11,15H,1-4H3,(H,16,17)/t11-/m1/s1. The lowest BCUT2D eigenvalue weighted by Gasteiger charge is -2.23. The molecule has 0 aromatic heterocycles. The molecule has 1 aromatic rings. The van der Waals surface area contributed by atoms with E-state index in [-0.39, 0.29) is 0 Å². The molecule has 1 atom stereocenters. The van der Waals surface area contributed by atoms with Crippen molar-refractivity contribution in [1.29, 1.82) is 0 Å². The number of hydrogen-bond acceptors (Lipinski definition) is 5. The van der Waals surface area contributed by atoms with Crippen LogP contribution in [0.15, 0.2) is 24.3 Å². The number of benzene rings is 1. The number of carboxylic acids is 1. The molecule has 2 N–H and O–H groups in total. The van der Waals surface area contributed by atoms with Gasteiger partial charge in [-0.25, -0.2) is 9.59 Å². The highest BCUT2D eigenvalue weighted by atomic mass is 16.6. The highest BCUT2D eigenvalue weighted by Gasteiger charge is 2.31. The third-order valence-electron chi connectivity index (χ3n) is 2.29. The molecule has 20 heavy (non-hydrogen) atoms. The maximum absolute atomic E-state index is 11.8. The summed E-state index contributed by atoms with van der Waals surface area (Å²) < 4.78 is 10.1. The fraction of sp³-hybridized carbons (Fsp3) is 0.429. The number of aliphatic carboxylic acids is 1. The minimum atomic E-state index is -1.46. The molecular weight excluding hydrogens is 262 g/mol. The zero-order chi connectivity index (χ0) is 15.3. The van der Waals surface area contributed by atoms with Crippen LogP contribution in [0, 0.1) is 0 Å². The van der Waals surface area contributed by atoms with Gasteiger partial charge >= 0.3 is 11.9 Å². The average Bonchev–Trinajstić information content (AvgIpc) is 2.34. The second-order valence-corrected chi connectivity index (χ2v) is 5.18. The van der Waals surface area contributed by atoms with Gasteiger partial charge in [0, 0.05) is 5.69 Å². The topological polar surface area (TPSA) is 84.9 Å². The first-order valence-corrected chi connectivity index (χ1v) is 6.09. The predicted octanol–water partition coefficient (Wildman–Crippen LogP) is 1.90. The van der Waals surface area contributed by atoms with Crippen molar-refractivity contribution in [2.75, 3.05) is 12.4 Å². The number of carbonyl (C=O) groups is 2. The molecule has 0 saturated heterocycles. The molecule has 6 heteroatoms. The van der Waals surface area contributed by atoms with E-state index in [4.69, 9.17) is 14.6 Å². The van der Waals surface area contributed by atoms with Crippen LogP contribution < -0.4 is 10.1 Å². The Kier molecular flexibility index (Phi) is 4.96. The Morgan fingerprint density at radius 1 is 1.20 bits per heavy atom. The molecule has 0 amide bonds. The van der Waals surface area contributed by atoms with Gasteiger partial charge in [-0.05, 0) is 45.0 Å². The lowest BCUT2D eigenvalue weighted by Crippen LogP contribution is -2.42. The SMILES string of the molecule is COc1ccc(N[C@H](C(=O)O)C(=O)OC(C)(C)C)cc1. The molecule has 1 rings (SSSR count). The number of hydrogen-bond donors (Lipinski definition) is 2. The molecule has 0 radical (unpaired) electrons. The Hall–Kier alpha value is -2.24. The summed E-state index contributed by atoms with van der Waals surface area (Å²) in [6.45, 7) is 5.03. The molecule has 0 aliphatic heterocycles.